The first kappa shape index (κ1) is 25.4. The van der Waals surface area contributed by atoms with E-state index in [0.717, 1.165) is 67.1 Å². The summed E-state index contributed by atoms with van der Waals surface area (Å²) in [6.45, 7) is 3.72. The average Bonchev–Trinajstić information content (AvgIpc) is 3.44. The van der Waals surface area contributed by atoms with Crippen LogP contribution in [0.4, 0.5) is 10.1 Å². The van der Waals surface area contributed by atoms with E-state index in [4.69, 9.17) is 4.74 Å². The number of amides is 1. The van der Waals surface area contributed by atoms with Crippen molar-refractivity contribution in [2.24, 2.45) is 0 Å². The fraction of sp³-hybridized carbons (Fsp3) is 0.414. The quantitative estimate of drug-likeness (QED) is 0.387. The largest absolute Gasteiger partial charge is 0.494 e. The lowest BCUT2D eigenvalue weighted by atomic mass is 10.0. The van der Waals surface area contributed by atoms with Crippen LogP contribution in [0.25, 0.3) is 22.6 Å². The molecule has 3 aromatic heterocycles. The summed E-state index contributed by atoms with van der Waals surface area (Å²) in [5.41, 5.74) is 4.93. The van der Waals surface area contributed by atoms with Crippen LogP contribution in [0.5, 0.6) is 5.75 Å². The molecule has 1 amide bonds. The van der Waals surface area contributed by atoms with Crippen molar-refractivity contribution in [3.63, 3.8) is 0 Å². The minimum Gasteiger partial charge on any atom is -0.494 e. The molecule has 1 aliphatic heterocycles. The standard InChI is InChI=1S/C29H34FN7O2/c1-18-11-23(30)22(29(38)33-20-5-6-20)12-24(18)37-16-19(14-32-37)25-15-31-28-13-27(39-4)26(17-36(25)28)35-9-7-21(8-10-35)34(2)3/h11-17,20-21H,5-10H2,1-4H3,(H,33,38). The minimum atomic E-state index is -0.528. The Morgan fingerprint density at radius 2 is 1.85 bits per heavy atom. The van der Waals surface area contributed by atoms with Gasteiger partial charge in [0.15, 0.2) is 0 Å². The Kier molecular flexibility index (Phi) is 6.50. The van der Waals surface area contributed by atoms with Crippen LogP contribution in [0.3, 0.4) is 0 Å². The van der Waals surface area contributed by atoms with Gasteiger partial charge in [-0.25, -0.2) is 14.1 Å². The van der Waals surface area contributed by atoms with Crippen molar-refractivity contribution in [2.45, 2.75) is 44.7 Å². The SMILES string of the molecule is COc1cc2ncc(-c3cnn(-c4cc(C(=O)NC5CC5)c(F)cc4C)c3)n2cc1N1CCC(N(C)C)CC1. The Morgan fingerprint density at radius 3 is 2.54 bits per heavy atom. The lowest BCUT2D eigenvalue weighted by molar-refractivity contribution is 0.0947. The number of hydrogen-bond acceptors (Lipinski definition) is 6. The third-order valence-corrected chi connectivity index (χ3v) is 7.91. The third kappa shape index (κ3) is 4.85. The number of aryl methyl sites for hydroxylation is 1. The van der Waals surface area contributed by atoms with Crippen molar-refractivity contribution in [3.8, 4) is 22.7 Å². The van der Waals surface area contributed by atoms with Crippen molar-refractivity contribution in [1.29, 1.82) is 0 Å². The fourth-order valence-corrected chi connectivity index (χ4v) is 5.39. The number of anilines is 1. The molecule has 1 saturated carbocycles. The molecular weight excluding hydrogens is 497 g/mol. The van der Waals surface area contributed by atoms with Crippen molar-refractivity contribution in [1.82, 2.24) is 29.4 Å². The van der Waals surface area contributed by atoms with Crippen molar-refractivity contribution >= 4 is 17.2 Å². The Morgan fingerprint density at radius 1 is 1.08 bits per heavy atom. The van der Waals surface area contributed by atoms with Crippen molar-refractivity contribution in [2.75, 3.05) is 39.2 Å². The lowest BCUT2D eigenvalue weighted by Crippen LogP contribution is -2.42. The molecule has 0 atom stereocenters. The molecule has 0 spiro atoms. The van der Waals surface area contributed by atoms with E-state index in [0.29, 0.717) is 17.3 Å². The highest BCUT2D eigenvalue weighted by Gasteiger charge is 2.26. The summed E-state index contributed by atoms with van der Waals surface area (Å²) in [7, 11) is 5.98. The van der Waals surface area contributed by atoms with Gasteiger partial charge in [0.1, 0.15) is 17.2 Å². The molecule has 0 bridgehead atoms. The Labute approximate surface area is 227 Å². The maximum atomic E-state index is 14.7. The minimum absolute atomic E-state index is 0.0316. The molecule has 2 fully saturated rings. The number of rotatable bonds is 7. The van der Waals surface area contributed by atoms with Crippen LogP contribution in [0.15, 0.2) is 43.0 Å². The van der Waals surface area contributed by atoms with Crippen molar-refractivity contribution < 1.29 is 13.9 Å². The van der Waals surface area contributed by atoms with Gasteiger partial charge < -0.3 is 19.9 Å². The number of hydrogen-bond donors (Lipinski definition) is 1. The van der Waals surface area contributed by atoms with Gasteiger partial charge in [0, 0.05) is 49.2 Å². The molecule has 39 heavy (non-hydrogen) atoms. The number of ether oxygens (including phenoxy) is 1. The van der Waals surface area contributed by atoms with E-state index in [2.05, 4.69) is 49.9 Å². The lowest BCUT2D eigenvalue weighted by Gasteiger charge is -2.37. The summed E-state index contributed by atoms with van der Waals surface area (Å²) >= 11 is 0. The molecule has 6 rings (SSSR count). The average molecular weight is 532 g/mol. The van der Waals surface area contributed by atoms with E-state index in [1.807, 2.05) is 25.4 Å². The van der Waals surface area contributed by atoms with Gasteiger partial charge in [0.2, 0.25) is 0 Å². The van der Waals surface area contributed by atoms with Gasteiger partial charge in [-0.3, -0.25) is 9.20 Å². The second kappa shape index (κ2) is 10.00. The first-order chi connectivity index (χ1) is 18.8. The molecule has 10 heteroatoms. The summed E-state index contributed by atoms with van der Waals surface area (Å²) < 4.78 is 24.2. The molecule has 0 radical (unpaired) electrons. The summed E-state index contributed by atoms with van der Waals surface area (Å²) in [4.78, 5) is 21.9. The highest BCUT2D eigenvalue weighted by molar-refractivity contribution is 5.95. The number of benzene rings is 1. The van der Waals surface area contributed by atoms with E-state index in [1.165, 1.54) is 6.07 Å². The van der Waals surface area contributed by atoms with E-state index < -0.39 is 5.82 Å². The number of imidazole rings is 1. The zero-order chi connectivity index (χ0) is 27.3. The summed E-state index contributed by atoms with van der Waals surface area (Å²) in [6.07, 6.45) is 11.6. The molecule has 2 aliphatic rings. The number of carbonyl (C=O) groups is 1. The molecular formula is C29H34FN7O2. The highest BCUT2D eigenvalue weighted by Crippen LogP contribution is 2.34. The van der Waals surface area contributed by atoms with Crippen LogP contribution >= 0.6 is 0 Å². The highest BCUT2D eigenvalue weighted by atomic mass is 19.1. The van der Waals surface area contributed by atoms with E-state index in [1.54, 1.807) is 24.1 Å². The van der Waals surface area contributed by atoms with E-state index >= 15 is 0 Å². The second-order valence-electron chi connectivity index (χ2n) is 10.8. The summed E-state index contributed by atoms with van der Waals surface area (Å²) in [5, 5.41) is 7.44. The number of carbonyl (C=O) groups excluding carboxylic acids is 1. The van der Waals surface area contributed by atoms with Gasteiger partial charge >= 0.3 is 0 Å². The summed E-state index contributed by atoms with van der Waals surface area (Å²) in [6, 6.07) is 5.67. The Hall–Kier alpha value is -3.92. The van der Waals surface area contributed by atoms with Crippen LogP contribution in [0.2, 0.25) is 0 Å². The van der Waals surface area contributed by atoms with Crippen LogP contribution in [-0.2, 0) is 0 Å². The fourth-order valence-electron chi connectivity index (χ4n) is 5.39. The molecule has 204 valence electrons. The van der Waals surface area contributed by atoms with E-state index in [9.17, 15) is 9.18 Å². The van der Waals surface area contributed by atoms with Crippen LogP contribution in [0.1, 0.15) is 41.6 Å². The van der Waals surface area contributed by atoms with E-state index in [-0.39, 0.29) is 17.5 Å². The molecule has 1 aromatic carbocycles. The smallest absolute Gasteiger partial charge is 0.254 e. The number of methoxy groups -OCH3 is 1. The van der Waals surface area contributed by atoms with Crippen molar-refractivity contribution in [3.05, 3.63) is 59.9 Å². The summed E-state index contributed by atoms with van der Waals surface area (Å²) in [5.74, 6) is -0.112. The van der Waals surface area contributed by atoms with Gasteiger partial charge in [-0.2, -0.15) is 5.10 Å². The first-order valence-electron chi connectivity index (χ1n) is 13.4. The van der Waals surface area contributed by atoms with Gasteiger partial charge in [0.05, 0.1) is 42.1 Å². The third-order valence-electron chi connectivity index (χ3n) is 7.91. The molecule has 4 aromatic rings. The molecule has 1 aliphatic carbocycles. The number of halogens is 1. The van der Waals surface area contributed by atoms with Crippen LogP contribution in [-0.4, -0.2) is 76.4 Å². The number of fused-ring (bicyclic) bond motifs is 1. The predicted molar refractivity (Wildman–Crippen MR) is 148 cm³/mol. The number of aromatic nitrogens is 4. The maximum Gasteiger partial charge on any atom is 0.254 e. The second-order valence-corrected chi connectivity index (χ2v) is 10.8. The van der Waals surface area contributed by atoms with Gasteiger partial charge in [0.25, 0.3) is 5.91 Å². The number of nitrogens with zero attached hydrogens (tertiary/aromatic N) is 6. The van der Waals surface area contributed by atoms with Crippen LogP contribution in [0, 0.1) is 12.7 Å². The first-order valence-corrected chi connectivity index (χ1v) is 13.4. The van der Waals surface area contributed by atoms with Gasteiger partial charge in [-0.05, 0) is 64.4 Å². The van der Waals surface area contributed by atoms with Gasteiger partial charge in [-0.15, -0.1) is 0 Å². The molecule has 1 saturated heterocycles. The zero-order valence-electron chi connectivity index (χ0n) is 22.8. The van der Waals surface area contributed by atoms with Gasteiger partial charge in [-0.1, -0.05) is 0 Å². The van der Waals surface area contributed by atoms with Crippen LogP contribution < -0.4 is 15.0 Å². The topological polar surface area (TPSA) is 79.9 Å². The molecule has 9 nitrogen and oxygen atoms in total. The molecule has 4 heterocycles. The number of nitrogens with one attached hydrogen (secondary N) is 1. The Bertz CT molecular complexity index is 1530. The maximum absolute atomic E-state index is 14.7. The normalized spacial score (nSPS) is 16.3. The molecule has 1 N–H and O–H groups in total. The Balaban J connectivity index is 1.33. The predicted octanol–water partition coefficient (Wildman–Crippen LogP) is 4.07. The molecule has 0 unspecified atom stereocenters. The number of pyridine rings is 1. The number of piperidine rings is 1. The monoisotopic (exact) mass is 531 g/mol. The zero-order valence-corrected chi connectivity index (χ0v) is 22.8.